The number of aryl methyl sites for hydroxylation is 1. The zero-order valence-electron chi connectivity index (χ0n) is 9.08. The van der Waals surface area contributed by atoms with E-state index in [1.165, 1.54) is 0 Å². The van der Waals surface area contributed by atoms with Crippen LogP contribution in [0.1, 0.15) is 5.82 Å². The van der Waals surface area contributed by atoms with Gasteiger partial charge in [-0.15, -0.1) is 0 Å². The van der Waals surface area contributed by atoms with Gasteiger partial charge in [-0.25, -0.2) is 9.97 Å². The molecule has 2 heterocycles. The fourth-order valence-corrected chi connectivity index (χ4v) is 1.16. The number of nitrogens with one attached hydrogen (secondary N) is 1. The van der Waals surface area contributed by atoms with Crippen molar-refractivity contribution >= 4 is 5.95 Å². The van der Waals surface area contributed by atoms with Crippen LogP contribution in [-0.2, 0) is 13.6 Å². The van der Waals surface area contributed by atoms with Crippen LogP contribution >= 0.6 is 0 Å². The van der Waals surface area contributed by atoms with Crippen LogP contribution in [0.2, 0.25) is 0 Å². The lowest BCUT2D eigenvalue weighted by Crippen LogP contribution is -2.05. The minimum Gasteiger partial charge on any atom is -0.481 e. The van der Waals surface area contributed by atoms with Gasteiger partial charge < -0.3 is 10.1 Å². The summed E-state index contributed by atoms with van der Waals surface area (Å²) in [7, 11) is 3.38. The van der Waals surface area contributed by atoms with E-state index in [-0.39, 0.29) is 0 Å². The molecule has 7 heteroatoms. The van der Waals surface area contributed by atoms with E-state index in [1.54, 1.807) is 30.4 Å². The topological polar surface area (TPSA) is 77.8 Å². The summed E-state index contributed by atoms with van der Waals surface area (Å²) in [5, 5.41) is 7.13. The second-order valence-electron chi connectivity index (χ2n) is 3.11. The Morgan fingerprint density at radius 1 is 1.44 bits per heavy atom. The Morgan fingerprint density at radius 2 is 2.31 bits per heavy atom. The molecular formula is C9H12N6O. The van der Waals surface area contributed by atoms with Crippen LogP contribution in [0.25, 0.3) is 0 Å². The van der Waals surface area contributed by atoms with Crippen LogP contribution in [0, 0.1) is 0 Å². The summed E-state index contributed by atoms with van der Waals surface area (Å²) >= 11 is 0. The molecule has 84 valence electrons. The average molecular weight is 220 g/mol. The van der Waals surface area contributed by atoms with Crippen molar-refractivity contribution in [3.63, 3.8) is 0 Å². The van der Waals surface area contributed by atoms with Gasteiger partial charge in [0.15, 0.2) is 5.82 Å². The second-order valence-corrected chi connectivity index (χ2v) is 3.11. The van der Waals surface area contributed by atoms with Gasteiger partial charge >= 0.3 is 0 Å². The van der Waals surface area contributed by atoms with Crippen molar-refractivity contribution in [2.45, 2.75) is 6.54 Å². The number of hydrogen-bond donors (Lipinski definition) is 1. The number of anilines is 1. The van der Waals surface area contributed by atoms with Crippen molar-refractivity contribution in [2.75, 3.05) is 12.4 Å². The van der Waals surface area contributed by atoms with Crippen molar-refractivity contribution in [3.05, 3.63) is 24.4 Å². The second kappa shape index (κ2) is 4.56. The highest BCUT2D eigenvalue weighted by molar-refractivity contribution is 5.27. The van der Waals surface area contributed by atoms with Crippen molar-refractivity contribution in [3.8, 4) is 5.88 Å². The molecule has 7 nitrogen and oxygen atoms in total. The highest BCUT2D eigenvalue weighted by atomic mass is 16.5. The number of ether oxygens (including phenoxy) is 1. The molecule has 0 amide bonds. The molecule has 0 aliphatic carbocycles. The molecule has 0 fully saturated rings. The molecule has 2 aromatic heterocycles. The maximum absolute atomic E-state index is 4.98. The Bertz CT molecular complexity index is 469. The van der Waals surface area contributed by atoms with Gasteiger partial charge in [0.1, 0.15) is 6.33 Å². The van der Waals surface area contributed by atoms with Gasteiger partial charge in [0, 0.05) is 19.3 Å². The number of methoxy groups -OCH3 is 1. The van der Waals surface area contributed by atoms with Gasteiger partial charge in [-0.2, -0.15) is 10.1 Å². The van der Waals surface area contributed by atoms with E-state index in [0.29, 0.717) is 24.2 Å². The van der Waals surface area contributed by atoms with E-state index in [2.05, 4.69) is 25.4 Å². The summed E-state index contributed by atoms with van der Waals surface area (Å²) < 4.78 is 6.63. The first kappa shape index (κ1) is 10.3. The first-order valence-electron chi connectivity index (χ1n) is 4.73. The van der Waals surface area contributed by atoms with Gasteiger partial charge in [-0.1, -0.05) is 0 Å². The number of aromatic nitrogens is 5. The fourth-order valence-electron chi connectivity index (χ4n) is 1.16. The molecule has 0 spiro atoms. The van der Waals surface area contributed by atoms with E-state index in [0.717, 1.165) is 0 Å². The van der Waals surface area contributed by atoms with Gasteiger partial charge in [0.25, 0.3) is 0 Å². The van der Waals surface area contributed by atoms with Crippen molar-refractivity contribution < 1.29 is 4.74 Å². The highest BCUT2D eigenvalue weighted by Gasteiger charge is 2.01. The Balaban J connectivity index is 1.99. The maximum Gasteiger partial charge on any atom is 0.226 e. The minimum atomic E-state index is 0.480. The van der Waals surface area contributed by atoms with E-state index in [1.807, 2.05) is 7.05 Å². The molecule has 0 saturated carbocycles. The summed E-state index contributed by atoms with van der Waals surface area (Å²) in [6.45, 7) is 0.480. The molecule has 0 saturated heterocycles. The molecule has 2 aromatic rings. The molecule has 0 unspecified atom stereocenters. The molecule has 0 aliphatic heterocycles. The first-order valence-corrected chi connectivity index (χ1v) is 4.73. The van der Waals surface area contributed by atoms with Gasteiger partial charge in [-0.3, -0.25) is 4.68 Å². The highest BCUT2D eigenvalue weighted by Crippen LogP contribution is 2.07. The zero-order chi connectivity index (χ0) is 11.4. The van der Waals surface area contributed by atoms with Crippen molar-refractivity contribution in [2.24, 2.45) is 7.05 Å². The smallest absolute Gasteiger partial charge is 0.226 e. The summed E-state index contributed by atoms with van der Waals surface area (Å²) in [6, 6.07) is 1.68. The largest absolute Gasteiger partial charge is 0.481 e. The normalized spacial score (nSPS) is 10.1. The standard InChI is InChI=1S/C9H12N6O/c1-15-6-12-7(14-15)5-11-9-10-4-3-8(13-9)16-2/h3-4,6H,5H2,1-2H3,(H,10,11,13). The minimum absolute atomic E-state index is 0.480. The van der Waals surface area contributed by atoms with E-state index in [4.69, 9.17) is 4.74 Å². The van der Waals surface area contributed by atoms with Crippen LogP contribution in [0.3, 0.4) is 0 Å². The molecule has 0 aromatic carbocycles. The maximum atomic E-state index is 4.98. The Morgan fingerprint density at radius 3 is 3.00 bits per heavy atom. The molecule has 0 atom stereocenters. The molecular weight excluding hydrogens is 208 g/mol. The zero-order valence-corrected chi connectivity index (χ0v) is 9.08. The Kier molecular flexibility index (Phi) is 2.95. The number of hydrogen-bond acceptors (Lipinski definition) is 6. The molecule has 0 radical (unpaired) electrons. The molecule has 2 rings (SSSR count). The summed E-state index contributed by atoms with van der Waals surface area (Å²) in [5.41, 5.74) is 0. The predicted octanol–water partition coefficient (Wildman–Crippen LogP) is 0.226. The lowest BCUT2D eigenvalue weighted by atomic mass is 10.6. The monoisotopic (exact) mass is 220 g/mol. The van der Waals surface area contributed by atoms with E-state index >= 15 is 0 Å². The van der Waals surface area contributed by atoms with Gasteiger partial charge in [0.05, 0.1) is 13.7 Å². The third-order valence-corrected chi connectivity index (χ3v) is 1.89. The average Bonchev–Trinajstić information content (AvgIpc) is 2.73. The van der Waals surface area contributed by atoms with Gasteiger partial charge in [0.2, 0.25) is 11.8 Å². The van der Waals surface area contributed by atoms with Crippen molar-refractivity contribution in [1.29, 1.82) is 0 Å². The number of nitrogens with zero attached hydrogens (tertiary/aromatic N) is 5. The van der Waals surface area contributed by atoms with E-state index in [9.17, 15) is 0 Å². The predicted molar refractivity (Wildman–Crippen MR) is 56.9 cm³/mol. The van der Waals surface area contributed by atoms with E-state index < -0.39 is 0 Å². The third-order valence-electron chi connectivity index (χ3n) is 1.89. The quantitative estimate of drug-likeness (QED) is 0.794. The Hall–Kier alpha value is -2.18. The van der Waals surface area contributed by atoms with Crippen LogP contribution in [-0.4, -0.2) is 31.8 Å². The summed E-state index contributed by atoms with van der Waals surface area (Å²) in [4.78, 5) is 12.2. The van der Waals surface area contributed by atoms with Crippen LogP contribution < -0.4 is 10.1 Å². The van der Waals surface area contributed by atoms with Crippen LogP contribution in [0.15, 0.2) is 18.6 Å². The summed E-state index contributed by atoms with van der Waals surface area (Å²) in [6.07, 6.45) is 3.27. The van der Waals surface area contributed by atoms with Crippen molar-refractivity contribution in [1.82, 2.24) is 24.7 Å². The lowest BCUT2D eigenvalue weighted by Gasteiger charge is -2.03. The molecule has 16 heavy (non-hydrogen) atoms. The number of rotatable bonds is 4. The first-order chi connectivity index (χ1) is 7.78. The van der Waals surface area contributed by atoms with Gasteiger partial charge in [-0.05, 0) is 0 Å². The summed E-state index contributed by atoms with van der Waals surface area (Å²) in [5.74, 6) is 1.70. The van der Waals surface area contributed by atoms with Crippen LogP contribution in [0.4, 0.5) is 5.95 Å². The SMILES string of the molecule is COc1ccnc(NCc2ncn(C)n2)n1. The molecule has 0 aliphatic rings. The molecule has 1 N–H and O–H groups in total. The fraction of sp³-hybridized carbons (Fsp3) is 0.333. The van der Waals surface area contributed by atoms with Crippen LogP contribution in [0.5, 0.6) is 5.88 Å². The Labute approximate surface area is 92.5 Å². The molecule has 0 bridgehead atoms. The third kappa shape index (κ3) is 2.44. The lowest BCUT2D eigenvalue weighted by molar-refractivity contribution is 0.397.